The molecule has 7 rings (SSSR count). The lowest BCUT2D eigenvalue weighted by Gasteiger charge is -2.22. The van der Waals surface area contributed by atoms with Crippen molar-refractivity contribution >= 4 is 28.9 Å². The number of nitrogens with zero attached hydrogens (tertiary/aromatic N) is 6. The Bertz CT molecular complexity index is 1980. The van der Waals surface area contributed by atoms with E-state index in [1.165, 1.54) is 12.4 Å². The third kappa shape index (κ3) is 4.58. The molecule has 0 bridgehead atoms. The van der Waals surface area contributed by atoms with Gasteiger partial charge in [-0.15, -0.1) is 10.2 Å². The van der Waals surface area contributed by atoms with Crippen molar-refractivity contribution in [3.05, 3.63) is 103 Å². The first-order valence-electron chi connectivity index (χ1n) is 13.6. The van der Waals surface area contributed by atoms with Crippen molar-refractivity contribution in [1.82, 2.24) is 41.2 Å². The topological polar surface area (TPSA) is 202 Å². The van der Waals surface area contributed by atoms with Gasteiger partial charge in [0.25, 0.3) is 22.7 Å². The summed E-state index contributed by atoms with van der Waals surface area (Å²) in [5.41, 5.74) is 10.4. The highest BCUT2D eigenvalue weighted by Crippen LogP contribution is 2.36. The van der Waals surface area contributed by atoms with E-state index in [0.29, 0.717) is 18.8 Å². The standard InChI is InChI=1S/C29H24N10O4/c30-23-24(26(41)25(23)40)39-8-7-15-2-1-14(9-22(15)39)12-31-28(42)20-11-21(33-13-32-20)29(43)34-19-6-4-16-10-17(3-5-18(16)19)27-35-37-38-36-27/h1-3,5,9-11,13,19H,4,6-8,12,30H2,(H,31,42)(H,34,43)(H,35,36,37,38)/t19-/m0/s1. The van der Waals surface area contributed by atoms with Gasteiger partial charge >= 0.3 is 0 Å². The molecule has 3 aromatic carbocycles. The number of aromatic amines is 1. The van der Waals surface area contributed by atoms with Crippen LogP contribution in [0.4, 0.5) is 17.1 Å². The lowest BCUT2D eigenvalue weighted by Crippen LogP contribution is -2.40. The Balaban J connectivity index is 1.01. The highest BCUT2D eigenvalue weighted by atomic mass is 16.2. The van der Waals surface area contributed by atoms with Crippen LogP contribution in [0.1, 0.15) is 55.7 Å². The molecular formula is C29H24N10O4. The number of carbonyl (C=O) groups excluding carboxylic acids is 2. The van der Waals surface area contributed by atoms with Gasteiger partial charge in [-0.3, -0.25) is 19.2 Å². The van der Waals surface area contributed by atoms with E-state index in [4.69, 9.17) is 5.73 Å². The molecule has 14 heteroatoms. The maximum Gasteiger partial charge on any atom is 0.270 e. The highest BCUT2D eigenvalue weighted by molar-refractivity contribution is 5.97. The summed E-state index contributed by atoms with van der Waals surface area (Å²) in [6.07, 6.45) is 3.40. The molecule has 0 spiro atoms. The number of rotatable bonds is 7. The first kappa shape index (κ1) is 26.1. The van der Waals surface area contributed by atoms with E-state index >= 15 is 0 Å². The molecule has 0 saturated carbocycles. The number of hydrogen-bond donors (Lipinski definition) is 4. The predicted octanol–water partition coefficient (Wildman–Crippen LogP) is 0.876. The smallest absolute Gasteiger partial charge is 0.270 e. The summed E-state index contributed by atoms with van der Waals surface area (Å²) in [4.78, 5) is 59.6. The van der Waals surface area contributed by atoms with Crippen molar-refractivity contribution in [3.8, 4) is 11.4 Å². The monoisotopic (exact) mass is 576 g/mol. The van der Waals surface area contributed by atoms with E-state index < -0.39 is 22.7 Å². The van der Waals surface area contributed by atoms with Gasteiger partial charge in [0.1, 0.15) is 29.1 Å². The molecule has 2 amide bonds. The Kier molecular flexibility index (Phi) is 6.22. The van der Waals surface area contributed by atoms with E-state index in [1.807, 2.05) is 36.4 Å². The SMILES string of the molecule is Nc1c(N2CCc3ccc(CNC(=O)c4cc(C(=O)N[C@H]5CCc6cc(-c7nn[nH]n7)ccc65)ncn4)cc32)c(=O)c1=O. The number of nitrogen functional groups attached to an aromatic ring is 1. The van der Waals surface area contributed by atoms with E-state index in [2.05, 4.69) is 41.2 Å². The number of carbonyl (C=O) groups is 2. The van der Waals surface area contributed by atoms with Gasteiger partial charge in [-0.2, -0.15) is 5.21 Å². The molecule has 0 radical (unpaired) electrons. The van der Waals surface area contributed by atoms with Crippen LogP contribution in [0.2, 0.25) is 0 Å². The van der Waals surface area contributed by atoms with Crippen molar-refractivity contribution in [2.45, 2.75) is 31.8 Å². The van der Waals surface area contributed by atoms with E-state index in [1.54, 1.807) is 4.90 Å². The second kappa shape index (κ2) is 10.2. The Morgan fingerprint density at radius 2 is 1.81 bits per heavy atom. The zero-order chi connectivity index (χ0) is 29.7. The van der Waals surface area contributed by atoms with E-state index in [9.17, 15) is 19.2 Å². The van der Waals surface area contributed by atoms with Crippen molar-refractivity contribution in [2.24, 2.45) is 0 Å². The second-order valence-electron chi connectivity index (χ2n) is 10.5. The molecule has 1 aliphatic heterocycles. The first-order chi connectivity index (χ1) is 20.9. The van der Waals surface area contributed by atoms with Crippen LogP contribution in [-0.4, -0.2) is 49.0 Å². The fourth-order valence-electron chi connectivity index (χ4n) is 5.73. The lowest BCUT2D eigenvalue weighted by molar-refractivity contribution is 0.0931. The number of amides is 2. The van der Waals surface area contributed by atoms with Crippen LogP contribution in [0.15, 0.2) is 58.4 Å². The number of aromatic nitrogens is 6. The van der Waals surface area contributed by atoms with Gasteiger partial charge in [0.15, 0.2) is 0 Å². The maximum atomic E-state index is 13.1. The molecule has 3 heterocycles. The number of hydrogen-bond acceptors (Lipinski definition) is 11. The number of nitrogens with one attached hydrogen (secondary N) is 3. The minimum atomic E-state index is -0.659. The number of nitrogens with two attached hydrogens (primary N) is 1. The fourth-order valence-corrected chi connectivity index (χ4v) is 5.73. The summed E-state index contributed by atoms with van der Waals surface area (Å²) < 4.78 is 0. The van der Waals surface area contributed by atoms with Crippen LogP contribution in [-0.2, 0) is 19.4 Å². The number of anilines is 3. The van der Waals surface area contributed by atoms with Gasteiger partial charge in [0.05, 0.1) is 6.04 Å². The zero-order valence-corrected chi connectivity index (χ0v) is 22.6. The van der Waals surface area contributed by atoms with Crippen molar-refractivity contribution in [2.75, 3.05) is 17.2 Å². The molecule has 1 aliphatic carbocycles. The quantitative estimate of drug-likeness (QED) is 0.200. The average Bonchev–Trinajstić information content (AvgIpc) is 3.81. The maximum absolute atomic E-state index is 13.1. The van der Waals surface area contributed by atoms with Gasteiger partial charge < -0.3 is 21.3 Å². The Labute approximate surface area is 243 Å². The number of fused-ring (bicyclic) bond motifs is 2. The Morgan fingerprint density at radius 3 is 2.60 bits per heavy atom. The molecule has 0 fully saturated rings. The van der Waals surface area contributed by atoms with E-state index in [-0.39, 0.29) is 35.3 Å². The third-order valence-corrected chi connectivity index (χ3v) is 7.95. The van der Waals surface area contributed by atoms with Crippen LogP contribution in [0.3, 0.4) is 0 Å². The minimum absolute atomic E-state index is 0.0214. The molecule has 5 N–H and O–H groups in total. The van der Waals surface area contributed by atoms with Crippen LogP contribution in [0.25, 0.3) is 11.4 Å². The predicted molar refractivity (Wildman–Crippen MR) is 154 cm³/mol. The van der Waals surface area contributed by atoms with Gasteiger partial charge in [-0.1, -0.05) is 24.3 Å². The molecule has 0 unspecified atom stereocenters. The summed E-state index contributed by atoms with van der Waals surface area (Å²) in [6, 6.07) is 12.7. The number of benzene rings is 2. The molecule has 0 saturated heterocycles. The van der Waals surface area contributed by atoms with Gasteiger partial charge in [-0.25, -0.2) is 9.97 Å². The van der Waals surface area contributed by atoms with Gasteiger partial charge in [-0.05, 0) is 58.9 Å². The molecule has 2 aromatic heterocycles. The summed E-state index contributed by atoms with van der Waals surface area (Å²) in [6.45, 7) is 0.720. The first-order valence-corrected chi connectivity index (χ1v) is 13.6. The third-order valence-electron chi connectivity index (χ3n) is 7.95. The molecule has 43 heavy (non-hydrogen) atoms. The van der Waals surface area contributed by atoms with Crippen molar-refractivity contribution < 1.29 is 9.59 Å². The second-order valence-corrected chi connectivity index (χ2v) is 10.5. The van der Waals surface area contributed by atoms with Gasteiger partial charge in [0, 0.05) is 30.4 Å². The molecular weight excluding hydrogens is 552 g/mol. The van der Waals surface area contributed by atoms with Crippen molar-refractivity contribution in [3.63, 3.8) is 0 Å². The summed E-state index contributed by atoms with van der Waals surface area (Å²) in [7, 11) is 0. The number of aryl methyl sites for hydroxylation is 1. The summed E-state index contributed by atoms with van der Waals surface area (Å²) in [5, 5.41) is 19.9. The molecule has 2 aliphatic rings. The van der Waals surface area contributed by atoms with Crippen LogP contribution < -0.4 is 32.1 Å². The molecule has 1 atom stereocenters. The molecule has 214 valence electrons. The Hall–Kier alpha value is -5.79. The van der Waals surface area contributed by atoms with Gasteiger partial charge in [0.2, 0.25) is 5.82 Å². The highest BCUT2D eigenvalue weighted by Gasteiger charge is 2.30. The number of tetrazole rings is 1. The van der Waals surface area contributed by atoms with E-state index in [0.717, 1.165) is 46.3 Å². The van der Waals surface area contributed by atoms with Crippen LogP contribution >= 0.6 is 0 Å². The van der Waals surface area contributed by atoms with Crippen molar-refractivity contribution in [1.29, 1.82) is 0 Å². The minimum Gasteiger partial charge on any atom is -0.394 e. The Morgan fingerprint density at radius 1 is 0.977 bits per heavy atom. The van der Waals surface area contributed by atoms with Crippen LogP contribution in [0, 0.1) is 0 Å². The normalized spacial score (nSPS) is 15.3. The molecule has 14 nitrogen and oxygen atoms in total. The largest absolute Gasteiger partial charge is 0.394 e. The van der Waals surface area contributed by atoms with Crippen LogP contribution in [0.5, 0.6) is 0 Å². The summed E-state index contributed by atoms with van der Waals surface area (Å²) in [5.74, 6) is -0.375. The lowest BCUT2D eigenvalue weighted by atomic mass is 10.0. The number of H-pyrrole nitrogens is 1. The zero-order valence-electron chi connectivity index (χ0n) is 22.6. The average molecular weight is 577 g/mol. The summed E-state index contributed by atoms with van der Waals surface area (Å²) >= 11 is 0. The fraction of sp³-hybridized carbons (Fsp3) is 0.207. The molecule has 5 aromatic rings.